The van der Waals surface area contributed by atoms with Crippen molar-refractivity contribution < 1.29 is 111 Å². The molecule has 12 aromatic rings. The fraction of sp³-hybridized carbons (Fsp3) is 0.194. The number of ether oxygens (including phenoxy) is 9. The molecule has 0 fully saturated rings. The van der Waals surface area contributed by atoms with Gasteiger partial charge in [0.15, 0.2) is 0 Å². The van der Waals surface area contributed by atoms with Crippen molar-refractivity contribution in [2.75, 3.05) is 35.9 Å². The van der Waals surface area contributed by atoms with Gasteiger partial charge in [-0.3, -0.25) is 14.4 Å². The van der Waals surface area contributed by atoms with Crippen LogP contribution in [0.5, 0.6) is 46.5 Å². The molecule has 0 aliphatic heterocycles. The Labute approximate surface area is 768 Å². The maximum absolute atomic E-state index is 12.7. The van der Waals surface area contributed by atoms with Crippen LogP contribution in [-0.4, -0.2) is 152 Å². The zero-order valence-corrected chi connectivity index (χ0v) is 74.4. The Morgan fingerprint density at radius 3 is 0.827 bits per heavy atom. The topological polar surface area (TPSA) is 559 Å². The summed E-state index contributed by atoms with van der Waals surface area (Å²) in [5.74, 6) is -2.44. The molecule has 4 aromatic heterocycles. The lowest BCUT2D eigenvalue weighted by Crippen LogP contribution is -2.32. The number of rotatable bonds is 26. The Balaban J connectivity index is 0.000000234. The molecule has 0 aliphatic carbocycles. The van der Waals surface area contributed by atoms with Gasteiger partial charge in [0.1, 0.15) is 65.1 Å². The molecular formula is C93H95ClN16O23. The van der Waals surface area contributed by atoms with E-state index in [9.17, 15) is 52.7 Å². The summed E-state index contributed by atoms with van der Waals surface area (Å²) in [5, 5.41) is 42.8. The number of aromatic nitrogens is 8. The Hall–Kier alpha value is -17.1. The standard InChI is InChI=1S/C25H26N4O6.C24H24N4O6.C19H16N4O4.C17H19N3O5.C8H9NO2.ClH/c1-25(2,3)35-24(32)26-14-19-13-21(28-15-27-19)34-20-7-5-6-17(12-20)22(30)29-18-10-8-16(9-11-18)23(31)33-4;1-24(2,3)34-23(32)25-13-18-12-20(27-14-26-18)33-19-6-4-5-16(11-19)21(29)28-17-9-7-15(8-10-17)22(30)31;20-10-15-9-17(22-11-21-15)27-16-3-1-2-13(8-16)18(24)23-14-6-4-12(5-7-14)19(25)26;1-17(2,3)25-16(23)18-9-12-8-14(20-10-19-12)24-13-6-4-5-11(7-13)15(21)22;1-11-8(10)6-2-4-7(9)5-3-6;/h5-13,15H,14H2,1-4H3,(H,26,32)(H,29,30);4-12,14H,13H2,1-3H3,(H,25,32)(H,28,29)(H,30,31);1-9,11H,10,20H2,(H,23,24)(H,25,26);4-8,10H,9H2,1-3H3,(H,18,23)(H,21,22);2-5H,9H2,1H3;1H. The van der Waals surface area contributed by atoms with Gasteiger partial charge in [-0.25, -0.2) is 78.2 Å². The zero-order chi connectivity index (χ0) is 96.1. The summed E-state index contributed by atoms with van der Waals surface area (Å²) in [6.07, 6.45) is 3.59. The molecular weight excluding hydrogens is 1740 g/mol. The predicted octanol–water partition coefficient (Wildman–Crippen LogP) is 15.7. The summed E-state index contributed by atoms with van der Waals surface area (Å²) in [7, 11) is 2.65. The number of alkyl carbamates (subject to hydrolysis) is 3. The number of hydrogen-bond donors (Lipinski definition) is 11. The Kier molecular flexibility index (Phi) is 38.6. The fourth-order valence-corrected chi connectivity index (χ4v) is 10.4. The van der Waals surface area contributed by atoms with Crippen LogP contribution in [0, 0.1) is 0 Å². The van der Waals surface area contributed by atoms with Gasteiger partial charge in [0.05, 0.1) is 84.4 Å². The SMILES string of the molecule is CC(C)(C)OC(=O)NCc1cc(Oc2cccc(C(=O)Nc3ccc(C(=O)O)cc3)c2)ncn1.CC(C)(C)OC(=O)NCc1cc(Oc2cccc(C(=O)O)c2)ncn1.COC(=O)c1ccc(N)cc1.COC(=O)c1ccc(NC(=O)c2cccc(Oc3cc(CNC(=O)OC(C)(C)C)ncn3)c2)cc1.Cl.NCc1cc(Oc2cccc(C(=O)Nc3ccc(C(=O)O)cc3)c2)ncn1. The quantitative estimate of drug-likeness (QED) is 0.0136. The van der Waals surface area contributed by atoms with Crippen LogP contribution in [0.1, 0.15) is 168 Å². The molecule has 0 saturated heterocycles. The number of methoxy groups -OCH3 is 2. The number of nitrogens with zero attached hydrogens (tertiary/aromatic N) is 8. The minimum atomic E-state index is -1.05. The third-order valence-electron chi connectivity index (χ3n) is 16.4. The van der Waals surface area contributed by atoms with E-state index in [1.807, 2.05) is 0 Å². The largest absolute Gasteiger partial charge is 0.478 e. The Bertz CT molecular complexity index is 6020. The number of benzene rings is 8. The molecule has 0 aliphatic rings. The number of hydrogen-bond acceptors (Lipinski definition) is 30. The number of nitrogens with two attached hydrogens (primary N) is 2. The molecule has 133 heavy (non-hydrogen) atoms. The van der Waals surface area contributed by atoms with Crippen LogP contribution in [0.2, 0.25) is 0 Å². The van der Waals surface area contributed by atoms with Crippen LogP contribution >= 0.6 is 12.4 Å². The lowest BCUT2D eigenvalue weighted by molar-refractivity contribution is 0.0511. The molecule has 39 nitrogen and oxygen atoms in total. The van der Waals surface area contributed by atoms with Crippen molar-refractivity contribution in [1.82, 2.24) is 55.8 Å². The number of carbonyl (C=O) groups excluding carboxylic acids is 8. The first-order chi connectivity index (χ1) is 62.7. The second-order valence-electron chi connectivity index (χ2n) is 30.3. The molecule has 0 radical (unpaired) electrons. The van der Waals surface area contributed by atoms with E-state index in [2.05, 4.69) is 81.2 Å². The number of aromatic carboxylic acids is 3. The van der Waals surface area contributed by atoms with E-state index in [0.717, 1.165) is 0 Å². The smallest absolute Gasteiger partial charge is 0.407 e. The summed E-state index contributed by atoms with van der Waals surface area (Å²) in [6, 6.07) is 56.6. The van der Waals surface area contributed by atoms with Crippen LogP contribution in [0.3, 0.4) is 0 Å². The van der Waals surface area contributed by atoms with Gasteiger partial charge >= 0.3 is 48.1 Å². The van der Waals surface area contributed by atoms with Crippen LogP contribution < -0.4 is 62.3 Å². The maximum Gasteiger partial charge on any atom is 0.407 e. The number of carbonyl (C=O) groups is 11. The average Bonchev–Trinajstić information content (AvgIpc) is 0.832. The average molecular weight is 1840 g/mol. The highest BCUT2D eigenvalue weighted by molar-refractivity contribution is 6.06. The van der Waals surface area contributed by atoms with Gasteiger partial charge in [0.25, 0.3) is 17.7 Å². The summed E-state index contributed by atoms with van der Waals surface area (Å²) >= 11 is 0. The monoisotopic (exact) mass is 1840 g/mol. The van der Waals surface area contributed by atoms with Crippen LogP contribution in [0.25, 0.3) is 0 Å². The molecule has 13 N–H and O–H groups in total. The molecule has 6 amide bonds. The van der Waals surface area contributed by atoms with Crippen molar-refractivity contribution in [3.63, 3.8) is 0 Å². The number of halogens is 1. The van der Waals surface area contributed by atoms with Gasteiger partial charge in [-0.2, -0.15) is 0 Å². The van der Waals surface area contributed by atoms with Crippen molar-refractivity contribution in [2.24, 2.45) is 5.73 Å². The number of nitrogen functional groups attached to an aromatic ring is 1. The third kappa shape index (κ3) is 37.0. The summed E-state index contributed by atoms with van der Waals surface area (Å²) in [6.45, 7) is 16.6. The highest BCUT2D eigenvalue weighted by Gasteiger charge is 2.22. The highest BCUT2D eigenvalue weighted by atomic mass is 35.5. The van der Waals surface area contributed by atoms with Crippen molar-refractivity contribution in [2.45, 2.75) is 105 Å². The summed E-state index contributed by atoms with van der Waals surface area (Å²) < 4.78 is 47.4. The molecule has 692 valence electrons. The van der Waals surface area contributed by atoms with Gasteiger partial charge in [0.2, 0.25) is 23.5 Å². The lowest BCUT2D eigenvalue weighted by atomic mass is 10.1. The van der Waals surface area contributed by atoms with E-state index in [-0.39, 0.29) is 90.7 Å². The van der Waals surface area contributed by atoms with Gasteiger partial charge in [-0.1, -0.05) is 24.3 Å². The van der Waals surface area contributed by atoms with Crippen molar-refractivity contribution in [3.05, 3.63) is 311 Å². The number of nitrogens with one attached hydrogen (secondary N) is 6. The maximum atomic E-state index is 12.7. The van der Waals surface area contributed by atoms with Gasteiger partial charge < -0.3 is 101 Å². The van der Waals surface area contributed by atoms with E-state index in [0.29, 0.717) is 102 Å². The minimum absolute atomic E-state index is 0. The van der Waals surface area contributed by atoms with Gasteiger partial charge in [-0.05, 0) is 232 Å². The van der Waals surface area contributed by atoms with E-state index >= 15 is 0 Å². The molecule has 8 aromatic carbocycles. The normalized spacial score (nSPS) is 10.5. The van der Waals surface area contributed by atoms with E-state index in [1.54, 1.807) is 220 Å². The Morgan fingerprint density at radius 2 is 0.564 bits per heavy atom. The molecule has 0 spiro atoms. The van der Waals surface area contributed by atoms with Crippen LogP contribution in [0.4, 0.5) is 37.1 Å². The third-order valence-corrected chi connectivity index (χ3v) is 16.4. The number of carboxylic acid groups (broad SMARTS) is 3. The van der Waals surface area contributed by atoms with Crippen LogP contribution in [-0.2, 0) is 49.9 Å². The fourth-order valence-electron chi connectivity index (χ4n) is 10.4. The van der Waals surface area contributed by atoms with Gasteiger partial charge in [-0.15, -0.1) is 12.4 Å². The number of esters is 2. The highest BCUT2D eigenvalue weighted by Crippen LogP contribution is 2.28. The molecule has 0 atom stereocenters. The zero-order valence-electron chi connectivity index (χ0n) is 73.6. The predicted molar refractivity (Wildman–Crippen MR) is 486 cm³/mol. The second kappa shape index (κ2) is 49.9. The van der Waals surface area contributed by atoms with E-state index < -0.39 is 64.9 Å². The van der Waals surface area contributed by atoms with Crippen molar-refractivity contribution in [3.8, 4) is 46.5 Å². The molecule has 0 bridgehead atoms. The Morgan fingerprint density at radius 1 is 0.316 bits per heavy atom. The number of carboxylic acids is 3. The second-order valence-corrected chi connectivity index (χ2v) is 30.3. The first-order valence-electron chi connectivity index (χ1n) is 39.7. The van der Waals surface area contributed by atoms with E-state index in [1.165, 1.54) is 100 Å². The first kappa shape index (κ1) is 103. The molecule has 0 unspecified atom stereocenters. The molecule has 40 heteroatoms. The van der Waals surface area contributed by atoms with Crippen LogP contribution in [0.15, 0.2) is 244 Å². The molecule has 12 rings (SSSR count). The number of anilines is 4. The van der Waals surface area contributed by atoms with Crippen molar-refractivity contribution in [1.29, 1.82) is 0 Å². The number of amides is 6. The lowest BCUT2D eigenvalue weighted by Gasteiger charge is -2.19. The molecule has 4 heterocycles. The van der Waals surface area contributed by atoms with Crippen molar-refractivity contribution >= 4 is 101 Å². The first-order valence-corrected chi connectivity index (χ1v) is 39.7. The molecule has 0 saturated carbocycles. The minimum Gasteiger partial charge on any atom is -0.478 e. The summed E-state index contributed by atoms with van der Waals surface area (Å²) in [4.78, 5) is 160. The van der Waals surface area contributed by atoms with E-state index in [4.69, 9.17) is 59.9 Å². The van der Waals surface area contributed by atoms with Gasteiger partial charge in [0, 0.05) is 70.3 Å². The summed E-state index contributed by atoms with van der Waals surface area (Å²) in [5.41, 5.74) is 15.8.